The second-order valence-corrected chi connectivity index (χ2v) is 7.80. The summed E-state index contributed by atoms with van der Waals surface area (Å²) in [6.07, 6.45) is 2.03. The second-order valence-electron chi connectivity index (χ2n) is 7.80. The van der Waals surface area contributed by atoms with Crippen LogP contribution in [0.4, 0.5) is 0 Å². The van der Waals surface area contributed by atoms with Crippen LogP contribution in [0.15, 0.2) is 34.9 Å². The third kappa shape index (κ3) is 3.72. The molecule has 4 rings (SSSR count). The zero-order valence-corrected chi connectivity index (χ0v) is 17.0. The van der Waals surface area contributed by atoms with Gasteiger partial charge in [-0.05, 0) is 42.5 Å². The molecule has 0 radical (unpaired) electrons. The zero-order chi connectivity index (χ0) is 21.4. The van der Waals surface area contributed by atoms with E-state index >= 15 is 0 Å². The van der Waals surface area contributed by atoms with Crippen LogP contribution >= 0.6 is 0 Å². The van der Waals surface area contributed by atoms with Crippen molar-refractivity contribution in [2.24, 2.45) is 0 Å². The number of ether oxygens (including phenoxy) is 1. The highest BCUT2D eigenvalue weighted by atomic mass is 16.5. The van der Waals surface area contributed by atoms with Crippen LogP contribution in [0, 0.1) is 0 Å². The van der Waals surface area contributed by atoms with Crippen LogP contribution in [0.25, 0.3) is 11.1 Å². The Hall–Kier alpha value is -3.42. The first kappa shape index (κ1) is 19.9. The Morgan fingerprint density at radius 2 is 2.03 bits per heavy atom. The minimum absolute atomic E-state index is 0.0147. The van der Waals surface area contributed by atoms with Crippen molar-refractivity contribution >= 4 is 23.0 Å². The van der Waals surface area contributed by atoms with E-state index in [0.29, 0.717) is 33.8 Å². The number of nitrogens with one attached hydrogen (secondary N) is 1. The molecular formula is C22H23N3O5. The Kier molecular flexibility index (Phi) is 5.15. The van der Waals surface area contributed by atoms with Crippen molar-refractivity contribution in [1.29, 1.82) is 0 Å². The number of benzene rings is 1. The fourth-order valence-corrected chi connectivity index (χ4v) is 3.46. The predicted octanol–water partition coefficient (Wildman–Crippen LogP) is 3.57. The van der Waals surface area contributed by atoms with Gasteiger partial charge in [-0.2, -0.15) is 0 Å². The van der Waals surface area contributed by atoms with Gasteiger partial charge >= 0.3 is 5.97 Å². The van der Waals surface area contributed by atoms with Gasteiger partial charge in [0.25, 0.3) is 11.6 Å². The predicted molar refractivity (Wildman–Crippen MR) is 108 cm³/mol. The first-order valence-electron chi connectivity index (χ1n) is 9.87. The quantitative estimate of drug-likeness (QED) is 0.598. The molecule has 1 atom stereocenters. The van der Waals surface area contributed by atoms with E-state index in [4.69, 9.17) is 9.26 Å². The molecule has 2 heterocycles. The summed E-state index contributed by atoms with van der Waals surface area (Å²) in [5.74, 6) is -0.798. The summed E-state index contributed by atoms with van der Waals surface area (Å²) >= 11 is 0. The van der Waals surface area contributed by atoms with Crippen LogP contribution in [-0.4, -0.2) is 34.2 Å². The largest absolute Gasteiger partial charge is 0.508 e. The number of hydrogen-bond acceptors (Lipinski definition) is 7. The summed E-state index contributed by atoms with van der Waals surface area (Å²) in [5.41, 5.74) is 2.52. The van der Waals surface area contributed by atoms with Gasteiger partial charge in [-0.25, -0.2) is 9.78 Å². The van der Waals surface area contributed by atoms with Gasteiger partial charge in [0.05, 0.1) is 23.8 Å². The van der Waals surface area contributed by atoms with Crippen LogP contribution in [0.5, 0.6) is 5.75 Å². The molecule has 0 aliphatic heterocycles. The maximum Gasteiger partial charge on any atom is 0.333 e. The van der Waals surface area contributed by atoms with Crippen LogP contribution in [-0.2, 0) is 9.53 Å². The van der Waals surface area contributed by atoms with Gasteiger partial charge in [0, 0.05) is 11.6 Å². The van der Waals surface area contributed by atoms with Crippen molar-refractivity contribution < 1.29 is 24.0 Å². The number of hydrogen-bond donors (Lipinski definition) is 2. The molecule has 0 saturated heterocycles. The Bertz CT molecular complexity index is 1120. The molecule has 3 aromatic rings. The molecule has 30 heavy (non-hydrogen) atoms. The fourth-order valence-electron chi connectivity index (χ4n) is 3.46. The van der Waals surface area contributed by atoms with E-state index in [-0.39, 0.29) is 11.7 Å². The summed E-state index contributed by atoms with van der Waals surface area (Å²) in [6, 6.07) is 6.82. The molecular weight excluding hydrogens is 386 g/mol. The van der Waals surface area contributed by atoms with Crippen LogP contribution in [0.1, 0.15) is 71.9 Å². The number of phenolic OH excluding ortho intramolecular Hbond substituents is 1. The van der Waals surface area contributed by atoms with Gasteiger partial charge in [0.2, 0.25) is 0 Å². The first-order valence-corrected chi connectivity index (χ1v) is 9.87. The molecule has 0 bridgehead atoms. The number of carbonyl (C=O) groups is 2. The topological polar surface area (TPSA) is 115 Å². The summed E-state index contributed by atoms with van der Waals surface area (Å²) in [4.78, 5) is 30.3. The van der Waals surface area contributed by atoms with E-state index in [0.717, 1.165) is 18.5 Å². The molecule has 1 unspecified atom stereocenters. The van der Waals surface area contributed by atoms with Gasteiger partial charge < -0.3 is 19.7 Å². The Balaban J connectivity index is 1.77. The molecule has 1 aromatic carbocycles. The van der Waals surface area contributed by atoms with Crippen LogP contribution in [0.3, 0.4) is 0 Å². The number of aromatic nitrogens is 2. The van der Waals surface area contributed by atoms with Gasteiger partial charge in [0.1, 0.15) is 5.75 Å². The van der Waals surface area contributed by atoms with Gasteiger partial charge in [-0.1, -0.05) is 31.1 Å². The SMILES string of the molecule is COC(=O)C(NC(=O)c1cc(C2CC2)nc2onc(C(C)C)c12)c1cccc(O)c1. The summed E-state index contributed by atoms with van der Waals surface area (Å²) < 4.78 is 10.3. The number of nitrogens with zero attached hydrogens (tertiary/aromatic N) is 2. The van der Waals surface area contributed by atoms with Crippen molar-refractivity contribution in [3.05, 3.63) is 52.8 Å². The number of rotatable bonds is 6. The Labute approximate surface area is 173 Å². The molecule has 2 aromatic heterocycles. The highest BCUT2D eigenvalue weighted by Gasteiger charge is 2.31. The van der Waals surface area contributed by atoms with Crippen molar-refractivity contribution in [3.63, 3.8) is 0 Å². The van der Waals surface area contributed by atoms with Crippen molar-refractivity contribution in [2.45, 2.75) is 44.6 Å². The third-order valence-corrected chi connectivity index (χ3v) is 5.20. The summed E-state index contributed by atoms with van der Waals surface area (Å²) in [6.45, 7) is 3.91. The molecule has 1 aliphatic carbocycles. The van der Waals surface area contributed by atoms with Gasteiger partial charge in [-0.3, -0.25) is 4.79 Å². The maximum absolute atomic E-state index is 13.3. The van der Waals surface area contributed by atoms with Crippen molar-refractivity contribution in [2.75, 3.05) is 7.11 Å². The summed E-state index contributed by atoms with van der Waals surface area (Å²) in [5, 5.41) is 17.2. The van der Waals surface area contributed by atoms with Crippen LogP contribution < -0.4 is 5.32 Å². The minimum Gasteiger partial charge on any atom is -0.508 e. The van der Waals surface area contributed by atoms with Gasteiger partial charge in [-0.15, -0.1) is 0 Å². The fraction of sp³-hybridized carbons (Fsp3) is 0.364. The zero-order valence-electron chi connectivity index (χ0n) is 17.0. The molecule has 1 amide bonds. The Morgan fingerprint density at radius 1 is 1.27 bits per heavy atom. The molecule has 1 fully saturated rings. The molecule has 0 spiro atoms. The lowest BCUT2D eigenvalue weighted by atomic mass is 10.0. The number of aromatic hydroxyl groups is 1. The molecule has 1 aliphatic rings. The van der Waals surface area contributed by atoms with E-state index in [9.17, 15) is 14.7 Å². The van der Waals surface area contributed by atoms with Crippen LogP contribution in [0.2, 0.25) is 0 Å². The molecule has 2 N–H and O–H groups in total. The third-order valence-electron chi connectivity index (χ3n) is 5.20. The number of amides is 1. The molecule has 8 nitrogen and oxygen atoms in total. The van der Waals surface area contributed by atoms with Crippen molar-refractivity contribution in [3.8, 4) is 5.75 Å². The average Bonchev–Trinajstić information content (AvgIpc) is 3.49. The average molecular weight is 409 g/mol. The minimum atomic E-state index is -1.08. The smallest absolute Gasteiger partial charge is 0.333 e. The van der Waals surface area contributed by atoms with E-state index in [2.05, 4.69) is 15.5 Å². The number of fused-ring (bicyclic) bond motifs is 1. The lowest BCUT2D eigenvalue weighted by molar-refractivity contribution is -0.143. The molecule has 1 saturated carbocycles. The number of pyridine rings is 1. The highest BCUT2D eigenvalue weighted by molar-refractivity contribution is 6.07. The molecule has 8 heteroatoms. The Morgan fingerprint density at radius 3 is 2.67 bits per heavy atom. The standard InChI is InChI=1S/C22H23N3O5/c1-11(2)18-17-15(10-16(12-7-8-12)23-21(17)30-25-18)20(27)24-19(22(28)29-3)13-5-4-6-14(26)9-13/h4-6,9-12,19,26H,7-8H2,1-3H3,(H,24,27). The number of carbonyl (C=O) groups excluding carboxylic acids is 2. The number of phenols is 1. The summed E-state index contributed by atoms with van der Waals surface area (Å²) in [7, 11) is 1.25. The monoisotopic (exact) mass is 409 g/mol. The van der Waals surface area contributed by atoms with Crippen molar-refractivity contribution in [1.82, 2.24) is 15.5 Å². The maximum atomic E-state index is 13.3. The first-order chi connectivity index (χ1) is 14.4. The lowest BCUT2D eigenvalue weighted by Crippen LogP contribution is -2.34. The highest BCUT2D eigenvalue weighted by Crippen LogP contribution is 2.41. The lowest BCUT2D eigenvalue weighted by Gasteiger charge is -2.18. The van der Waals surface area contributed by atoms with E-state index < -0.39 is 17.9 Å². The van der Waals surface area contributed by atoms with E-state index in [1.807, 2.05) is 13.8 Å². The van der Waals surface area contributed by atoms with E-state index in [1.165, 1.54) is 19.2 Å². The number of esters is 1. The van der Waals surface area contributed by atoms with E-state index in [1.54, 1.807) is 18.2 Å². The number of methoxy groups -OCH3 is 1. The molecule has 156 valence electrons. The van der Waals surface area contributed by atoms with Gasteiger partial charge in [0.15, 0.2) is 6.04 Å². The normalized spacial score (nSPS) is 14.7. The second kappa shape index (κ2) is 7.78.